The molecule has 1 aromatic carbocycles. The molecule has 0 saturated heterocycles. The minimum absolute atomic E-state index is 0.160. The first-order valence-electron chi connectivity index (χ1n) is 15.5. The molecule has 9 heteroatoms. The SMILES string of the molecule is CCCCCCCCCCCCCCOC(=O)C=CC(=O)Nc1ccc(-c2nc3c(Cl)c(C(C)(C)C)[nH]n3n2)c(C)c1. The number of esters is 1. The van der Waals surface area contributed by atoms with Gasteiger partial charge in [0.25, 0.3) is 0 Å². The van der Waals surface area contributed by atoms with Crippen molar-refractivity contribution in [2.75, 3.05) is 11.9 Å². The van der Waals surface area contributed by atoms with Gasteiger partial charge in [0.2, 0.25) is 5.91 Å². The Morgan fingerprint density at radius 2 is 1.60 bits per heavy atom. The number of aromatic amines is 1. The van der Waals surface area contributed by atoms with Gasteiger partial charge in [0, 0.05) is 28.8 Å². The Balaban J connectivity index is 1.35. The fourth-order valence-corrected chi connectivity index (χ4v) is 5.34. The fourth-order valence-electron chi connectivity index (χ4n) is 4.89. The Kier molecular flexibility index (Phi) is 13.1. The molecule has 0 bridgehead atoms. The van der Waals surface area contributed by atoms with E-state index in [1.807, 2.05) is 19.1 Å². The van der Waals surface area contributed by atoms with Crippen LogP contribution in [0.2, 0.25) is 5.02 Å². The zero-order valence-corrected chi connectivity index (χ0v) is 26.8. The number of anilines is 1. The summed E-state index contributed by atoms with van der Waals surface area (Å²) in [6, 6.07) is 5.47. The number of carbonyl (C=O) groups is 2. The second-order valence-electron chi connectivity index (χ2n) is 12.1. The van der Waals surface area contributed by atoms with Crippen molar-refractivity contribution in [3.63, 3.8) is 0 Å². The van der Waals surface area contributed by atoms with Gasteiger partial charge in [-0.15, -0.1) is 5.10 Å². The van der Waals surface area contributed by atoms with Gasteiger partial charge in [0.1, 0.15) is 5.02 Å². The number of benzene rings is 1. The first-order valence-corrected chi connectivity index (χ1v) is 15.9. The average molecular weight is 598 g/mol. The van der Waals surface area contributed by atoms with Gasteiger partial charge in [-0.3, -0.25) is 9.89 Å². The summed E-state index contributed by atoms with van der Waals surface area (Å²) >= 11 is 6.56. The molecule has 0 fully saturated rings. The third-order valence-corrected chi connectivity index (χ3v) is 7.70. The maximum atomic E-state index is 12.4. The van der Waals surface area contributed by atoms with Crippen molar-refractivity contribution in [2.24, 2.45) is 0 Å². The van der Waals surface area contributed by atoms with Crippen LogP contribution in [0.3, 0.4) is 0 Å². The molecule has 2 N–H and O–H groups in total. The zero-order valence-electron chi connectivity index (χ0n) is 26.0. The lowest BCUT2D eigenvalue weighted by Crippen LogP contribution is -2.13. The average Bonchev–Trinajstić information content (AvgIpc) is 3.49. The number of hydrogen-bond donors (Lipinski definition) is 2. The minimum atomic E-state index is -0.505. The molecule has 2 aromatic heterocycles. The summed E-state index contributed by atoms with van der Waals surface area (Å²) in [5.41, 5.74) is 3.61. The number of carbonyl (C=O) groups excluding carboxylic acids is 2. The van der Waals surface area contributed by atoms with E-state index in [0.29, 0.717) is 28.8 Å². The Morgan fingerprint density at radius 1 is 0.976 bits per heavy atom. The van der Waals surface area contributed by atoms with E-state index in [0.717, 1.165) is 29.7 Å². The van der Waals surface area contributed by atoms with Crippen molar-refractivity contribution in [2.45, 2.75) is 117 Å². The maximum absolute atomic E-state index is 12.4. The van der Waals surface area contributed by atoms with E-state index in [-0.39, 0.29) is 5.41 Å². The molecule has 3 aromatic rings. The number of fused-ring (bicyclic) bond motifs is 1. The zero-order chi connectivity index (χ0) is 30.5. The summed E-state index contributed by atoms with van der Waals surface area (Å²) in [6.45, 7) is 10.8. The number of aryl methyl sites for hydroxylation is 1. The number of nitrogens with one attached hydrogen (secondary N) is 2. The van der Waals surface area contributed by atoms with E-state index in [1.165, 1.54) is 76.4 Å². The third-order valence-electron chi connectivity index (χ3n) is 7.34. The van der Waals surface area contributed by atoms with Gasteiger partial charge in [-0.2, -0.15) is 4.63 Å². The molecule has 0 unspecified atom stereocenters. The van der Waals surface area contributed by atoms with Crippen molar-refractivity contribution >= 4 is 34.8 Å². The number of halogens is 1. The first-order chi connectivity index (χ1) is 20.1. The largest absolute Gasteiger partial charge is 0.463 e. The van der Waals surface area contributed by atoms with Gasteiger partial charge in [0.05, 0.1) is 12.3 Å². The third kappa shape index (κ3) is 10.3. The van der Waals surface area contributed by atoms with Crippen LogP contribution in [0.15, 0.2) is 30.4 Å². The van der Waals surface area contributed by atoms with Gasteiger partial charge in [-0.25, -0.2) is 9.78 Å². The van der Waals surface area contributed by atoms with E-state index in [1.54, 1.807) is 10.7 Å². The Bertz CT molecular complexity index is 1340. The number of H-pyrrole nitrogens is 1. The van der Waals surface area contributed by atoms with Crippen molar-refractivity contribution in [3.05, 3.63) is 46.6 Å². The Labute approximate surface area is 255 Å². The highest BCUT2D eigenvalue weighted by atomic mass is 35.5. The molecule has 1 amide bonds. The van der Waals surface area contributed by atoms with Crippen LogP contribution < -0.4 is 5.32 Å². The number of unbranched alkanes of at least 4 members (excludes halogenated alkanes) is 11. The summed E-state index contributed by atoms with van der Waals surface area (Å²) < 4.78 is 6.83. The number of rotatable bonds is 17. The second-order valence-corrected chi connectivity index (χ2v) is 12.5. The molecule has 0 saturated carbocycles. The van der Waals surface area contributed by atoms with Crippen LogP contribution in [0.1, 0.15) is 116 Å². The molecule has 0 aliphatic carbocycles. The topological polar surface area (TPSA) is 101 Å². The number of hydrogen-bond acceptors (Lipinski definition) is 5. The first kappa shape index (κ1) is 33.4. The number of aromatic nitrogens is 4. The maximum Gasteiger partial charge on any atom is 0.330 e. The number of nitrogens with zero attached hydrogens (tertiary/aromatic N) is 3. The second kappa shape index (κ2) is 16.5. The van der Waals surface area contributed by atoms with E-state index in [9.17, 15) is 9.59 Å². The summed E-state index contributed by atoms with van der Waals surface area (Å²) in [5, 5.41) is 11.1. The van der Waals surface area contributed by atoms with Crippen molar-refractivity contribution < 1.29 is 14.3 Å². The predicted molar refractivity (Wildman–Crippen MR) is 171 cm³/mol. The van der Waals surface area contributed by atoms with Gasteiger partial charge in [-0.05, 0) is 37.1 Å². The van der Waals surface area contributed by atoms with E-state index in [2.05, 4.69) is 48.2 Å². The normalized spacial score (nSPS) is 12.0. The van der Waals surface area contributed by atoms with E-state index in [4.69, 9.17) is 16.3 Å². The number of ether oxygens (including phenoxy) is 1. The molecule has 0 atom stereocenters. The molecule has 0 spiro atoms. The van der Waals surface area contributed by atoms with Gasteiger partial charge in [0.15, 0.2) is 11.5 Å². The summed E-state index contributed by atoms with van der Waals surface area (Å²) in [5.74, 6) is -0.372. The quantitative estimate of drug-likeness (QED) is 0.0920. The molecule has 0 radical (unpaired) electrons. The molecular formula is C33H48ClN5O3. The summed E-state index contributed by atoms with van der Waals surface area (Å²) in [7, 11) is 0. The standard InChI is InChI=1S/C33H48ClN5O3/c1-6-7-8-9-10-11-12-13-14-15-16-17-22-42-28(41)21-20-27(40)35-25-18-19-26(24(2)23-25)31-36-32-29(34)30(33(3,4)5)37-39(32)38-31/h18-21,23,37H,6-17,22H2,1-5H3,(H,35,40). The molecule has 2 heterocycles. The van der Waals surface area contributed by atoms with Crippen LogP contribution in [0, 0.1) is 6.92 Å². The highest BCUT2D eigenvalue weighted by Crippen LogP contribution is 2.32. The molecule has 42 heavy (non-hydrogen) atoms. The van der Waals surface area contributed by atoms with Crippen LogP contribution >= 0.6 is 11.6 Å². The van der Waals surface area contributed by atoms with Crippen LogP contribution in [0.5, 0.6) is 0 Å². The van der Waals surface area contributed by atoms with Crippen molar-refractivity contribution in [1.29, 1.82) is 0 Å². The van der Waals surface area contributed by atoms with Crippen LogP contribution in [-0.4, -0.2) is 38.3 Å². The Hall–Kier alpha value is -3.13. The smallest absolute Gasteiger partial charge is 0.330 e. The lowest BCUT2D eigenvalue weighted by atomic mass is 9.92. The molecule has 8 nitrogen and oxygen atoms in total. The van der Waals surface area contributed by atoms with Crippen molar-refractivity contribution in [1.82, 2.24) is 19.8 Å². The van der Waals surface area contributed by atoms with E-state index < -0.39 is 11.9 Å². The van der Waals surface area contributed by atoms with Gasteiger partial charge < -0.3 is 10.1 Å². The summed E-state index contributed by atoms with van der Waals surface area (Å²) in [6.07, 6.45) is 17.4. The van der Waals surface area contributed by atoms with Crippen LogP contribution in [-0.2, 0) is 19.7 Å². The molecule has 0 aliphatic heterocycles. The lowest BCUT2D eigenvalue weighted by molar-refractivity contribution is -0.138. The van der Waals surface area contributed by atoms with Crippen LogP contribution in [0.25, 0.3) is 17.0 Å². The summed E-state index contributed by atoms with van der Waals surface area (Å²) in [4.78, 5) is 29.0. The highest BCUT2D eigenvalue weighted by molar-refractivity contribution is 6.34. The van der Waals surface area contributed by atoms with Gasteiger partial charge in [-0.1, -0.05) is 110 Å². The fraction of sp³-hybridized carbons (Fsp3) is 0.576. The van der Waals surface area contributed by atoms with E-state index >= 15 is 0 Å². The van der Waals surface area contributed by atoms with Crippen LogP contribution in [0.4, 0.5) is 5.69 Å². The monoisotopic (exact) mass is 597 g/mol. The molecule has 0 aliphatic rings. The lowest BCUT2D eigenvalue weighted by Gasteiger charge is -2.16. The molecule has 3 rings (SSSR count). The molecule has 230 valence electrons. The van der Waals surface area contributed by atoms with Crippen molar-refractivity contribution in [3.8, 4) is 11.4 Å². The predicted octanol–water partition coefficient (Wildman–Crippen LogP) is 8.72. The minimum Gasteiger partial charge on any atom is -0.463 e. The highest BCUT2D eigenvalue weighted by Gasteiger charge is 2.24. The molecular weight excluding hydrogens is 550 g/mol. The Morgan fingerprint density at radius 3 is 2.17 bits per heavy atom. The van der Waals surface area contributed by atoms with Gasteiger partial charge >= 0.3 is 5.97 Å². The number of amides is 1.